The van der Waals surface area contributed by atoms with E-state index in [4.69, 9.17) is 0 Å². The van der Waals surface area contributed by atoms with E-state index in [1.165, 1.54) is 11.1 Å². The lowest BCUT2D eigenvalue weighted by Gasteiger charge is -2.35. The largest absolute Gasteiger partial charge is 0.405 e. The topological polar surface area (TPSA) is 60.2 Å². The maximum atomic E-state index is 13.2. The number of aromatic amines is 1. The molecule has 1 aliphatic rings. The van der Waals surface area contributed by atoms with Crippen molar-refractivity contribution >= 4 is 18.3 Å². The molecule has 9 heteroatoms. The summed E-state index contributed by atoms with van der Waals surface area (Å²) in [5, 5.41) is 5.40. The van der Waals surface area contributed by atoms with E-state index in [1.54, 1.807) is 13.1 Å². The first kappa shape index (κ1) is 18.8. The molecule has 126 valence electrons. The number of aromatic nitrogens is 1. The van der Waals surface area contributed by atoms with Gasteiger partial charge in [-0.25, -0.2) is 0 Å². The van der Waals surface area contributed by atoms with Crippen molar-refractivity contribution in [3.8, 4) is 0 Å². The Kier molecular flexibility index (Phi) is 6.70. The number of amides is 1. The third-order valence-electron chi connectivity index (χ3n) is 3.62. The van der Waals surface area contributed by atoms with Gasteiger partial charge in [0.1, 0.15) is 6.04 Å². The van der Waals surface area contributed by atoms with Crippen LogP contribution in [0.25, 0.3) is 0 Å². The molecular weight excluding hydrogens is 321 g/mol. The molecule has 1 saturated heterocycles. The molecule has 22 heavy (non-hydrogen) atoms. The number of nitrogens with zero attached hydrogens (tertiary/aromatic N) is 1. The minimum absolute atomic E-state index is 0. The lowest BCUT2D eigenvalue weighted by Crippen LogP contribution is -2.57. The Morgan fingerprint density at radius 3 is 2.50 bits per heavy atom. The molecule has 1 aromatic heterocycles. The second-order valence-electron chi connectivity index (χ2n) is 5.11. The number of rotatable bonds is 4. The molecule has 1 amide bonds. The standard InChI is InChI=1S/C13H19F3N4O.ClH/c1-9-6-18-7-10(9)12(21)19-8-11(13(14,15)16)20-4-2-17-3-5-20;/h6-7,11,17-18H,2-5,8H2,1H3,(H,19,21);1H. The Hall–Kier alpha value is -1.25. The van der Waals surface area contributed by atoms with Gasteiger partial charge in [0.15, 0.2) is 0 Å². The smallest absolute Gasteiger partial charge is 0.367 e. The molecule has 1 aliphatic heterocycles. The van der Waals surface area contributed by atoms with Crippen LogP contribution in [-0.4, -0.2) is 60.7 Å². The Labute approximate surface area is 133 Å². The zero-order valence-electron chi connectivity index (χ0n) is 12.2. The van der Waals surface area contributed by atoms with Gasteiger partial charge >= 0.3 is 6.18 Å². The molecule has 1 atom stereocenters. The van der Waals surface area contributed by atoms with Crippen LogP contribution in [0.5, 0.6) is 0 Å². The quantitative estimate of drug-likeness (QED) is 0.774. The molecule has 0 aromatic carbocycles. The van der Waals surface area contributed by atoms with Crippen LogP contribution in [0, 0.1) is 6.92 Å². The van der Waals surface area contributed by atoms with Crippen molar-refractivity contribution in [2.75, 3.05) is 32.7 Å². The average Bonchev–Trinajstić information content (AvgIpc) is 2.85. The molecule has 2 rings (SSSR count). The van der Waals surface area contributed by atoms with Crippen molar-refractivity contribution in [1.82, 2.24) is 20.5 Å². The SMILES string of the molecule is Cc1c[nH]cc1C(=O)NCC(N1CCNCC1)C(F)(F)F.Cl. The van der Waals surface area contributed by atoms with Crippen LogP contribution >= 0.6 is 12.4 Å². The first-order valence-corrected chi connectivity index (χ1v) is 6.82. The summed E-state index contributed by atoms with van der Waals surface area (Å²) in [6, 6.07) is -1.65. The number of carbonyl (C=O) groups is 1. The molecule has 1 fully saturated rings. The fourth-order valence-corrected chi connectivity index (χ4v) is 2.42. The van der Waals surface area contributed by atoms with E-state index in [0.29, 0.717) is 37.3 Å². The number of carbonyl (C=O) groups excluding carboxylic acids is 1. The highest BCUT2D eigenvalue weighted by Crippen LogP contribution is 2.24. The lowest BCUT2D eigenvalue weighted by molar-refractivity contribution is -0.183. The molecule has 3 N–H and O–H groups in total. The van der Waals surface area contributed by atoms with Gasteiger partial charge < -0.3 is 15.6 Å². The first-order valence-electron chi connectivity index (χ1n) is 6.82. The summed E-state index contributed by atoms with van der Waals surface area (Å²) in [4.78, 5) is 16.0. The zero-order chi connectivity index (χ0) is 15.5. The fraction of sp³-hybridized carbons (Fsp3) is 0.615. The van der Waals surface area contributed by atoms with Gasteiger partial charge in [-0.1, -0.05) is 0 Å². The van der Waals surface area contributed by atoms with Crippen LogP contribution in [0.15, 0.2) is 12.4 Å². The molecule has 0 saturated carbocycles. The molecule has 0 aliphatic carbocycles. The molecule has 5 nitrogen and oxygen atoms in total. The number of hydrogen-bond acceptors (Lipinski definition) is 3. The van der Waals surface area contributed by atoms with E-state index >= 15 is 0 Å². The van der Waals surface area contributed by atoms with Crippen molar-refractivity contribution in [3.05, 3.63) is 23.5 Å². The van der Waals surface area contributed by atoms with Crippen LogP contribution < -0.4 is 10.6 Å². The van der Waals surface area contributed by atoms with Crippen molar-refractivity contribution in [1.29, 1.82) is 0 Å². The summed E-state index contributed by atoms with van der Waals surface area (Å²) < 4.78 is 39.5. The number of nitrogens with one attached hydrogen (secondary N) is 3. The average molecular weight is 341 g/mol. The Morgan fingerprint density at radius 2 is 2.00 bits per heavy atom. The summed E-state index contributed by atoms with van der Waals surface area (Å²) in [5.74, 6) is -0.488. The number of alkyl halides is 3. The van der Waals surface area contributed by atoms with E-state index in [-0.39, 0.29) is 12.4 Å². The van der Waals surface area contributed by atoms with Gasteiger partial charge in [-0.15, -0.1) is 12.4 Å². The van der Waals surface area contributed by atoms with Crippen molar-refractivity contribution < 1.29 is 18.0 Å². The maximum absolute atomic E-state index is 13.2. The molecule has 2 heterocycles. The first-order chi connectivity index (χ1) is 9.89. The van der Waals surface area contributed by atoms with Crippen LogP contribution in [0.1, 0.15) is 15.9 Å². The molecule has 0 spiro atoms. The summed E-state index contributed by atoms with van der Waals surface area (Å²) in [6.07, 6.45) is -1.25. The van der Waals surface area contributed by atoms with Gasteiger partial charge in [-0.2, -0.15) is 13.2 Å². The third-order valence-corrected chi connectivity index (χ3v) is 3.62. The Bertz CT molecular complexity index is 486. The van der Waals surface area contributed by atoms with Crippen molar-refractivity contribution in [2.45, 2.75) is 19.1 Å². The maximum Gasteiger partial charge on any atom is 0.405 e. The molecule has 1 aromatic rings. The van der Waals surface area contributed by atoms with E-state index in [9.17, 15) is 18.0 Å². The van der Waals surface area contributed by atoms with Crippen molar-refractivity contribution in [3.63, 3.8) is 0 Å². The fourth-order valence-electron chi connectivity index (χ4n) is 2.42. The summed E-state index contributed by atoms with van der Waals surface area (Å²) >= 11 is 0. The third kappa shape index (κ3) is 4.62. The highest BCUT2D eigenvalue weighted by molar-refractivity contribution is 5.95. The number of H-pyrrole nitrogens is 1. The number of piperazine rings is 1. The van der Waals surface area contributed by atoms with Crippen LogP contribution in [-0.2, 0) is 0 Å². The van der Waals surface area contributed by atoms with Crippen LogP contribution in [0.4, 0.5) is 13.2 Å². The van der Waals surface area contributed by atoms with E-state index in [2.05, 4.69) is 15.6 Å². The highest BCUT2D eigenvalue weighted by Gasteiger charge is 2.43. The minimum atomic E-state index is -4.36. The van der Waals surface area contributed by atoms with Crippen LogP contribution in [0.3, 0.4) is 0 Å². The monoisotopic (exact) mass is 340 g/mol. The molecule has 0 bridgehead atoms. The van der Waals surface area contributed by atoms with E-state index in [0.717, 1.165) is 0 Å². The number of aryl methyl sites for hydroxylation is 1. The number of halogens is 4. The molecular formula is C13H20ClF3N4O. The van der Waals surface area contributed by atoms with Crippen molar-refractivity contribution in [2.24, 2.45) is 0 Å². The van der Waals surface area contributed by atoms with Gasteiger partial charge in [0.2, 0.25) is 0 Å². The molecule has 0 radical (unpaired) electrons. The van der Waals surface area contributed by atoms with Gasteiger partial charge in [-0.05, 0) is 12.5 Å². The Balaban J connectivity index is 0.00000242. The summed E-state index contributed by atoms with van der Waals surface area (Å²) in [7, 11) is 0. The normalized spacial score (nSPS) is 17.6. The van der Waals surface area contributed by atoms with Gasteiger partial charge in [0.25, 0.3) is 5.91 Å². The Morgan fingerprint density at radius 1 is 1.36 bits per heavy atom. The zero-order valence-corrected chi connectivity index (χ0v) is 13.0. The van der Waals surface area contributed by atoms with E-state index in [1.807, 2.05) is 0 Å². The van der Waals surface area contributed by atoms with Gasteiger partial charge in [-0.3, -0.25) is 9.69 Å². The minimum Gasteiger partial charge on any atom is -0.367 e. The lowest BCUT2D eigenvalue weighted by atomic mass is 10.1. The second-order valence-corrected chi connectivity index (χ2v) is 5.11. The van der Waals surface area contributed by atoms with E-state index < -0.39 is 24.7 Å². The summed E-state index contributed by atoms with van der Waals surface area (Å²) in [6.45, 7) is 2.98. The number of hydrogen-bond donors (Lipinski definition) is 3. The molecule has 1 unspecified atom stereocenters. The highest BCUT2D eigenvalue weighted by atomic mass is 35.5. The predicted octanol–water partition coefficient (Wildman–Crippen LogP) is 1.31. The predicted molar refractivity (Wildman–Crippen MR) is 79.4 cm³/mol. The van der Waals surface area contributed by atoms with Gasteiger partial charge in [0, 0.05) is 45.1 Å². The van der Waals surface area contributed by atoms with Gasteiger partial charge in [0.05, 0.1) is 5.56 Å². The summed E-state index contributed by atoms with van der Waals surface area (Å²) in [5.41, 5.74) is 1.08. The van der Waals surface area contributed by atoms with Crippen LogP contribution in [0.2, 0.25) is 0 Å². The second kappa shape index (κ2) is 7.85.